The Hall–Kier alpha value is -2.57. The van der Waals surface area contributed by atoms with E-state index in [1.807, 2.05) is 0 Å². The smallest absolute Gasteiger partial charge is 0.306 e. The Labute approximate surface area is 303 Å². The fraction of sp³-hybridized carbons (Fsp3) is 0.868. The van der Waals surface area contributed by atoms with Crippen molar-refractivity contribution in [2.24, 2.45) is 0 Å². The average molecular weight is 721 g/mol. The third-order valence-corrected chi connectivity index (χ3v) is 7.49. The summed E-state index contributed by atoms with van der Waals surface area (Å²) in [5, 5.41) is 11.2. The second-order valence-corrected chi connectivity index (χ2v) is 12.3. The molecule has 0 aromatic heterocycles. The molecule has 0 saturated heterocycles. The zero-order valence-corrected chi connectivity index (χ0v) is 32.3. The van der Waals surface area contributed by atoms with Crippen molar-refractivity contribution in [2.45, 2.75) is 168 Å². The molecule has 0 fully saturated rings. The van der Waals surface area contributed by atoms with Crippen LogP contribution in [0.1, 0.15) is 156 Å². The van der Waals surface area contributed by atoms with Gasteiger partial charge in [0.05, 0.1) is 26.1 Å². The molecule has 2 unspecified atom stereocenters. The van der Waals surface area contributed by atoms with Crippen molar-refractivity contribution < 1.29 is 58.1 Å². The van der Waals surface area contributed by atoms with E-state index in [2.05, 4.69) is 37.7 Å². The van der Waals surface area contributed by atoms with Gasteiger partial charge in [0.25, 0.3) is 6.47 Å². The van der Waals surface area contributed by atoms with Gasteiger partial charge >= 0.3 is 17.9 Å². The Morgan fingerprint density at radius 1 is 0.600 bits per heavy atom. The van der Waals surface area contributed by atoms with Gasteiger partial charge in [-0.05, 0) is 12.8 Å². The van der Waals surface area contributed by atoms with E-state index in [-0.39, 0.29) is 44.8 Å². The molecule has 0 aliphatic heterocycles. The first kappa shape index (κ1) is 51.8. The number of aldehydes is 1. The third kappa shape index (κ3) is 43.5. The van der Waals surface area contributed by atoms with E-state index in [4.69, 9.17) is 18.9 Å². The Morgan fingerprint density at radius 2 is 1.06 bits per heavy atom. The number of ether oxygens (including phenoxy) is 5. The first-order chi connectivity index (χ1) is 24.3. The quantitative estimate of drug-likeness (QED) is 0.0365. The number of hydrogen-bond acceptors (Lipinski definition) is 11. The van der Waals surface area contributed by atoms with E-state index in [0.717, 1.165) is 57.9 Å². The first-order valence-corrected chi connectivity index (χ1v) is 19.2. The molecule has 0 heterocycles. The molecule has 12 heteroatoms. The molecular formula is C38H74NO11+. The maximum atomic E-state index is 11.7. The summed E-state index contributed by atoms with van der Waals surface area (Å²) < 4.78 is 24.7. The molecule has 0 saturated carbocycles. The fourth-order valence-corrected chi connectivity index (χ4v) is 4.34. The molecule has 0 aromatic carbocycles. The number of quaternary nitrogens is 1. The van der Waals surface area contributed by atoms with Crippen molar-refractivity contribution in [3.05, 3.63) is 0 Å². The van der Waals surface area contributed by atoms with Crippen LogP contribution < -0.4 is 5.32 Å². The summed E-state index contributed by atoms with van der Waals surface area (Å²) >= 11 is 0. The summed E-state index contributed by atoms with van der Waals surface area (Å²) in [5.74, 6) is -0.955. The largest absolute Gasteiger partial charge is 0.465 e. The van der Waals surface area contributed by atoms with Crippen molar-refractivity contribution in [1.29, 1.82) is 0 Å². The van der Waals surface area contributed by atoms with Gasteiger partial charge in [-0.25, -0.2) is 0 Å². The summed E-state index contributed by atoms with van der Waals surface area (Å²) in [6.45, 7) is 10.5. The number of carbonyl (C=O) groups excluding carboxylic acids is 5. The predicted molar refractivity (Wildman–Crippen MR) is 194 cm³/mol. The molecule has 0 aliphatic rings. The van der Waals surface area contributed by atoms with Crippen LogP contribution in [0.5, 0.6) is 0 Å². The van der Waals surface area contributed by atoms with Crippen LogP contribution in [-0.2, 0) is 47.7 Å². The molecule has 12 nitrogen and oxygen atoms in total. The summed E-state index contributed by atoms with van der Waals surface area (Å²) in [7, 11) is 1.49. The van der Waals surface area contributed by atoms with Crippen molar-refractivity contribution >= 4 is 30.7 Å². The SMILES string of the molecule is CCCCCC(=O)OCC(CO)OC(=O)CCC[NH2+]CCCC=O.CCCCCCC.CCCCCCCCC(=O)OCC(COC=O)OC. The summed E-state index contributed by atoms with van der Waals surface area (Å²) in [6, 6.07) is 0. The standard InChI is InChI=1S/C17H31NO6.C14H26O5.C7H16/c1-2-3-4-8-16(21)23-14-15(13-20)24-17(22)9-7-11-18-10-5-6-12-19;1-3-4-5-6-7-8-9-14(16)19-11-13(17-2)10-18-12-15;1-3-5-7-6-4-2/h12,15,18,20H,2-11,13-14H2,1H3;12-13H,3-11H2,1-2H3;3-7H2,1-2H3/p+1. The van der Waals surface area contributed by atoms with Crippen LogP contribution in [0.3, 0.4) is 0 Å². The maximum Gasteiger partial charge on any atom is 0.306 e. The number of aliphatic hydroxyl groups excluding tert-OH is 1. The van der Waals surface area contributed by atoms with Crippen LogP contribution in [-0.4, -0.2) is 94.6 Å². The molecule has 50 heavy (non-hydrogen) atoms. The number of methoxy groups -OCH3 is 1. The molecular weight excluding hydrogens is 646 g/mol. The Kier molecular flexibility index (Phi) is 46.0. The van der Waals surface area contributed by atoms with Crippen LogP contribution in [0.2, 0.25) is 0 Å². The minimum atomic E-state index is -0.802. The molecule has 0 rings (SSSR count). The minimum Gasteiger partial charge on any atom is -0.465 e. The lowest BCUT2D eigenvalue weighted by Crippen LogP contribution is -2.84. The normalized spacial score (nSPS) is 11.5. The number of carbonyl (C=O) groups is 5. The number of aliphatic hydroxyl groups is 1. The topological polar surface area (TPSA) is 168 Å². The average Bonchev–Trinajstić information content (AvgIpc) is 3.12. The molecule has 296 valence electrons. The van der Waals surface area contributed by atoms with E-state index in [9.17, 15) is 29.1 Å². The lowest BCUT2D eigenvalue weighted by Gasteiger charge is -2.15. The summed E-state index contributed by atoms with van der Waals surface area (Å²) in [6.07, 6.45) is 19.4. The van der Waals surface area contributed by atoms with Gasteiger partial charge in [0.1, 0.15) is 32.2 Å². The minimum absolute atomic E-state index is 0.101. The van der Waals surface area contributed by atoms with Crippen LogP contribution in [0.25, 0.3) is 0 Å². The Bertz CT molecular complexity index is 763. The first-order valence-electron chi connectivity index (χ1n) is 19.2. The predicted octanol–water partition coefficient (Wildman–Crippen LogP) is 5.78. The summed E-state index contributed by atoms with van der Waals surface area (Å²) in [5.41, 5.74) is 0. The van der Waals surface area contributed by atoms with Crippen molar-refractivity contribution in [2.75, 3.05) is 46.6 Å². The number of hydrogen-bond donors (Lipinski definition) is 2. The highest BCUT2D eigenvalue weighted by molar-refractivity contribution is 5.70. The van der Waals surface area contributed by atoms with Gasteiger partial charge in [-0.15, -0.1) is 0 Å². The van der Waals surface area contributed by atoms with E-state index in [0.29, 0.717) is 32.2 Å². The highest BCUT2D eigenvalue weighted by Gasteiger charge is 2.16. The molecule has 0 spiro atoms. The molecule has 0 bridgehead atoms. The molecule has 3 N–H and O–H groups in total. The third-order valence-electron chi connectivity index (χ3n) is 7.49. The monoisotopic (exact) mass is 721 g/mol. The van der Waals surface area contributed by atoms with E-state index in [1.165, 1.54) is 64.9 Å². The zero-order chi connectivity index (χ0) is 37.9. The van der Waals surface area contributed by atoms with Crippen LogP contribution >= 0.6 is 0 Å². The van der Waals surface area contributed by atoms with E-state index in [1.54, 1.807) is 0 Å². The van der Waals surface area contributed by atoms with Gasteiger partial charge < -0.3 is 38.9 Å². The molecule has 0 aromatic rings. The second-order valence-electron chi connectivity index (χ2n) is 12.3. The number of unbranched alkanes of at least 4 members (excludes halogenated alkanes) is 12. The Balaban J connectivity index is -0.000000754. The van der Waals surface area contributed by atoms with Gasteiger partial charge in [-0.3, -0.25) is 19.2 Å². The molecule has 0 radical (unpaired) electrons. The van der Waals surface area contributed by atoms with Crippen LogP contribution in [0.15, 0.2) is 0 Å². The lowest BCUT2D eigenvalue weighted by atomic mass is 10.1. The van der Waals surface area contributed by atoms with E-state index < -0.39 is 18.2 Å². The van der Waals surface area contributed by atoms with Crippen LogP contribution in [0, 0.1) is 0 Å². The highest BCUT2D eigenvalue weighted by Crippen LogP contribution is 2.08. The Morgan fingerprint density at radius 3 is 1.58 bits per heavy atom. The summed E-state index contributed by atoms with van der Waals surface area (Å²) in [4.78, 5) is 54.8. The zero-order valence-electron chi connectivity index (χ0n) is 32.3. The maximum absolute atomic E-state index is 11.7. The molecule has 0 aliphatic carbocycles. The van der Waals surface area contributed by atoms with Gasteiger partial charge in [-0.1, -0.05) is 105 Å². The van der Waals surface area contributed by atoms with Crippen molar-refractivity contribution in [3.63, 3.8) is 0 Å². The van der Waals surface area contributed by atoms with E-state index >= 15 is 0 Å². The van der Waals surface area contributed by atoms with Crippen molar-refractivity contribution in [1.82, 2.24) is 0 Å². The van der Waals surface area contributed by atoms with Gasteiger partial charge in [-0.2, -0.15) is 0 Å². The van der Waals surface area contributed by atoms with Gasteiger partial charge in [0.15, 0.2) is 6.10 Å². The molecule has 0 amide bonds. The van der Waals surface area contributed by atoms with Gasteiger partial charge in [0, 0.05) is 39.2 Å². The fourth-order valence-electron chi connectivity index (χ4n) is 4.34. The lowest BCUT2D eigenvalue weighted by molar-refractivity contribution is -0.655. The number of rotatable bonds is 33. The number of esters is 3. The molecule has 2 atom stereocenters. The van der Waals surface area contributed by atoms with Crippen molar-refractivity contribution in [3.8, 4) is 0 Å². The van der Waals surface area contributed by atoms with Crippen LogP contribution in [0.4, 0.5) is 0 Å². The number of nitrogens with two attached hydrogens (primary N) is 1. The van der Waals surface area contributed by atoms with Gasteiger partial charge in [0.2, 0.25) is 0 Å². The highest BCUT2D eigenvalue weighted by atomic mass is 16.6. The second kappa shape index (κ2) is 44.5.